The monoisotopic (exact) mass is 1380 g/mol. The summed E-state index contributed by atoms with van der Waals surface area (Å²) in [5.74, 6) is -0.801. The Kier molecular flexibility index (Phi) is 80.7. The highest BCUT2D eigenvalue weighted by Crippen LogP contribution is 2.43. The molecule has 0 aromatic heterocycles. The quantitative estimate of drug-likeness (QED) is 0.0264. The van der Waals surface area contributed by atoms with Gasteiger partial charge in [0.25, 0.3) is 0 Å². The molecule has 0 radical (unpaired) electrons. The molecule has 0 aromatic carbocycles. The Morgan fingerprint density at radius 1 is 0.309 bits per heavy atom. The van der Waals surface area contributed by atoms with Gasteiger partial charge in [0.05, 0.1) is 13.2 Å². The van der Waals surface area contributed by atoms with Crippen LogP contribution >= 0.6 is 7.82 Å². The fraction of sp³-hybridized carbons (Fsp3) is 0.862. The van der Waals surface area contributed by atoms with E-state index in [0.717, 1.165) is 51.4 Å². The van der Waals surface area contributed by atoms with Crippen molar-refractivity contribution in [2.75, 3.05) is 26.4 Å². The first-order valence-corrected chi connectivity index (χ1v) is 44.3. The summed E-state index contributed by atoms with van der Waals surface area (Å²) in [5, 5.41) is 0. The zero-order valence-corrected chi connectivity index (χ0v) is 65.5. The van der Waals surface area contributed by atoms with Crippen molar-refractivity contribution in [1.82, 2.24) is 0 Å². The maximum atomic E-state index is 12.8. The highest BCUT2D eigenvalue weighted by Gasteiger charge is 2.26. The average molecular weight is 1380 g/mol. The predicted molar refractivity (Wildman–Crippen MR) is 423 cm³/mol. The molecule has 0 amide bonds. The molecule has 0 fully saturated rings. The van der Waals surface area contributed by atoms with E-state index in [1.807, 2.05) is 0 Å². The van der Waals surface area contributed by atoms with Crippen LogP contribution in [-0.2, 0) is 32.7 Å². The summed E-state index contributed by atoms with van der Waals surface area (Å²) >= 11 is 0. The molecular weight excluding hydrogens is 1220 g/mol. The Morgan fingerprint density at radius 2 is 0.536 bits per heavy atom. The minimum absolute atomic E-state index is 0.0559. The van der Waals surface area contributed by atoms with E-state index >= 15 is 0 Å². The summed E-state index contributed by atoms with van der Waals surface area (Å²) in [7, 11) is -4.40. The number of allylic oxidation sites excluding steroid dienone is 10. The molecule has 0 bridgehead atoms. The topological polar surface area (TPSA) is 134 Å². The molecule has 97 heavy (non-hydrogen) atoms. The summed E-state index contributed by atoms with van der Waals surface area (Å²) < 4.78 is 33.3. The molecule has 0 spiro atoms. The van der Waals surface area contributed by atoms with Crippen LogP contribution in [0.5, 0.6) is 0 Å². The molecule has 0 aliphatic rings. The molecule has 0 saturated carbocycles. The molecule has 0 heterocycles. The first kappa shape index (κ1) is 94.7. The van der Waals surface area contributed by atoms with Crippen LogP contribution < -0.4 is 5.73 Å². The minimum atomic E-state index is -4.40. The third-order valence-corrected chi connectivity index (χ3v) is 20.4. The number of phosphoric ester groups is 1. The van der Waals surface area contributed by atoms with Gasteiger partial charge in [-0.2, -0.15) is 0 Å². The first-order chi connectivity index (χ1) is 47.8. The lowest BCUT2D eigenvalue weighted by Crippen LogP contribution is -2.29. The Labute approximate surface area is 603 Å². The van der Waals surface area contributed by atoms with Gasteiger partial charge in [0.1, 0.15) is 6.61 Å². The molecule has 0 aliphatic heterocycles. The lowest BCUT2D eigenvalue weighted by Gasteiger charge is -2.19. The van der Waals surface area contributed by atoms with Gasteiger partial charge >= 0.3 is 19.8 Å². The van der Waals surface area contributed by atoms with Crippen molar-refractivity contribution in [2.45, 2.75) is 457 Å². The predicted octanol–water partition coefficient (Wildman–Crippen LogP) is 28.9. The average Bonchev–Trinajstić information content (AvgIpc) is 2.57. The maximum absolute atomic E-state index is 12.8. The van der Waals surface area contributed by atoms with E-state index in [1.165, 1.54) is 366 Å². The van der Waals surface area contributed by atoms with Crippen molar-refractivity contribution in [3.63, 3.8) is 0 Å². The molecule has 570 valence electrons. The lowest BCUT2D eigenvalue weighted by molar-refractivity contribution is -0.161. The highest BCUT2D eigenvalue weighted by molar-refractivity contribution is 7.47. The Hall–Kier alpha value is -2.29. The molecular formula is C87H164NO8P. The van der Waals surface area contributed by atoms with E-state index in [-0.39, 0.29) is 38.6 Å². The SMILES string of the molecule is CCCCCCC/C=C\C/C=C\C/C=C\CCCCCCCCCCCCCCCCCCCCCCCCCCCCC(=O)OC(COC(=O)CCCCCCCCCCCCCCCCCCCCCCCCC/C=C\C/C=C\CCCCCCC)COP(=O)(O)OCCN. The van der Waals surface area contributed by atoms with Gasteiger partial charge in [0.15, 0.2) is 6.10 Å². The van der Waals surface area contributed by atoms with E-state index in [1.54, 1.807) is 0 Å². The normalized spacial score (nSPS) is 13.1. The number of carbonyl (C=O) groups excluding carboxylic acids is 2. The summed E-state index contributed by atoms with van der Waals surface area (Å²) in [6, 6.07) is 0. The van der Waals surface area contributed by atoms with Crippen LogP contribution in [0.2, 0.25) is 0 Å². The maximum Gasteiger partial charge on any atom is 0.472 e. The van der Waals surface area contributed by atoms with Gasteiger partial charge in [-0.15, -0.1) is 0 Å². The zero-order valence-electron chi connectivity index (χ0n) is 64.6. The third kappa shape index (κ3) is 82.6. The van der Waals surface area contributed by atoms with Gasteiger partial charge in [0, 0.05) is 19.4 Å². The molecule has 0 aromatic rings. The molecule has 3 N–H and O–H groups in total. The van der Waals surface area contributed by atoms with Gasteiger partial charge in [-0.1, -0.05) is 415 Å². The first-order valence-electron chi connectivity index (χ1n) is 42.8. The fourth-order valence-electron chi connectivity index (χ4n) is 13.0. The second kappa shape index (κ2) is 82.7. The largest absolute Gasteiger partial charge is 0.472 e. The van der Waals surface area contributed by atoms with Gasteiger partial charge in [-0.05, 0) is 83.5 Å². The van der Waals surface area contributed by atoms with E-state index < -0.39 is 26.5 Å². The van der Waals surface area contributed by atoms with Gasteiger partial charge in [-0.25, -0.2) is 4.57 Å². The molecule has 0 aliphatic carbocycles. The second-order valence-electron chi connectivity index (χ2n) is 29.1. The highest BCUT2D eigenvalue weighted by atomic mass is 31.2. The van der Waals surface area contributed by atoms with Crippen molar-refractivity contribution in [2.24, 2.45) is 5.73 Å². The van der Waals surface area contributed by atoms with Gasteiger partial charge < -0.3 is 20.1 Å². The molecule has 2 unspecified atom stereocenters. The van der Waals surface area contributed by atoms with Crippen LogP contribution in [-0.4, -0.2) is 49.3 Å². The number of carbonyl (C=O) groups is 2. The van der Waals surface area contributed by atoms with E-state index in [2.05, 4.69) is 74.6 Å². The summed E-state index contributed by atoms with van der Waals surface area (Å²) in [6.45, 7) is 3.80. The number of hydrogen-bond donors (Lipinski definition) is 2. The number of unbranched alkanes of at least 4 members (excludes halogenated alkanes) is 59. The van der Waals surface area contributed by atoms with Crippen LogP contribution in [0.1, 0.15) is 450 Å². The van der Waals surface area contributed by atoms with Crippen LogP contribution in [0.25, 0.3) is 0 Å². The van der Waals surface area contributed by atoms with E-state index in [4.69, 9.17) is 24.3 Å². The van der Waals surface area contributed by atoms with Crippen molar-refractivity contribution in [3.8, 4) is 0 Å². The Bertz CT molecular complexity index is 1780. The molecule has 10 heteroatoms. The summed E-state index contributed by atoms with van der Waals surface area (Å²) in [6.07, 6.45) is 110. The summed E-state index contributed by atoms with van der Waals surface area (Å²) in [4.78, 5) is 35.5. The number of nitrogens with two attached hydrogens (primary N) is 1. The van der Waals surface area contributed by atoms with Crippen LogP contribution in [0, 0.1) is 0 Å². The molecule has 2 atom stereocenters. The van der Waals surface area contributed by atoms with Gasteiger partial charge in [-0.3, -0.25) is 18.6 Å². The summed E-state index contributed by atoms with van der Waals surface area (Å²) in [5.41, 5.74) is 5.42. The second-order valence-corrected chi connectivity index (χ2v) is 30.5. The number of esters is 2. The fourth-order valence-corrected chi connectivity index (χ4v) is 13.8. The lowest BCUT2D eigenvalue weighted by atomic mass is 10.0. The van der Waals surface area contributed by atoms with Crippen molar-refractivity contribution < 1.29 is 37.6 Å². The van der Waals surface area contributed by atoms with Crippen molar-refractivity contribution >= 4 is 19.8 Å². The van der Waals surface area contributed by atoms with Crippen LogP contribution in [0.15, 0.2) is 60.8 Å². The Morgan fingerprint density at radius 3 is 0.794 bits per heavy atom. The number of rotatable bonds is 82. The molecule has 9 nitrogen and oxygen atoms in total. The minimum Gasteiger partial charge on any atom is -0.462 e. The van der Waals surface area contributed by atoms with E-state index in [9.17, 15) is 19.0 Å². The van der Waals surface area contributed by atoms with E-state index in [0.29, 0.717) is 6.42 Å². The number of ether oxygens (including phenoxy) is 2. The van der Waals surface area contributed by atoms with Crippen LogP contribution in [0.4, 0.5) is 0 Å². The zero-order chi connectivity index (χ0) is 70.0. The van der Waals surface area contributed by atoms with Crippen molar-refractivity contribution in [3.05, 3.63) is 60.8 Å². The van der Waals surface area contributed by atoms with Crippen LogP contribution in [0.3, 0.4) is 0 Å². The number of phosphoric acid groups is 1. The van der Waals surface area contributed by atoms with Gasteiger partial charge in [0.2, 0.25) is 0 Å². The van der Waals surface area contributed by atoms with Crippen molar-refractivity contribution in [1.29, 1.82) is 0 Å². The molecule has 0 rings (SSSR count). The standard InChI is InChI=1S/C87H164NO8P/c1-3-5-7-9-11-13-15-17-19-21-23-25-27-29-31-33-35-37-39-40-41-42-43-44-46-48-50-52-54-56-58-60-62-64-66-68-70-72-74-76-78-80-87(90)96-85(84-95-97(91,92)94-82-81-88)83-93-86(89)79-77-75-73-71-69-67-65-63-61-59-57-55-53-51-49-47-45-38-36-34-32-30-28-26-24-22-20-18-16-14-12-10-8-6-4-2/h15-18,21-24,27,29,85H,3-14,19-20,25-26,28,30-84,88H2,1-2H3,(H,91,92)/b17-15-,18-16-,23-21-,24-22-,29-27-. The smallest absolute Gasteiger partial charge is 0.462 e. The Balaban J connectivity index is 3.72. The number of hydrogen-bond acceptors (Lipinski definition) is 8. The molecule has 0 saturated heterocycles. The third-order valence-electron chi connectivity index (χ3n) is 19.4.